The van der Waals surface area contributed by atoms with E-state index < -0.39 is 0 Å². The summed E-state index contributed by atoms with van der Waals surface area (Å²) in [4.78, 5) is 13.5. The Labute approximate surface area is 86.4 Å². The molecule has 3 heteroatoms. The van der Waals surface area contributed by atoms with Gasteiger partial charge in [-0.15, -0.1) is 0 Å². The van der Waals surface area contributed by atoms with E-state index in [0.29, 0.717) is 12.0 Å². The molecule has 0 aromatic carbocycles. The van der Waals surface area contributed by atoms with Crippen LogP contribution in [0.2, 0.25) is 0 Å². The quantitative estimate of drug-likeness (QED) is 0.600. The number of nitrogens with zero attached hydrogens (tertiary/aromatic N) is 1. The van der Waals surface area contributed by atoms with Crippen LogP contribution in [0.4, 0.5) is 4.79 Å². The second kappa shape index (κ2) is 3.79. The Bertz CT molecular complexity index is 220. The predicted molar refractivity (Wildman–Crippen MR) is 56.2 cm³/mol. The number of rotatable bonds is 0. The van der Waals surface area contributed by atoms with Crippen LogP contribution in [0.3, 0.4) is 0 Å². The molecule has 0 radical (unpaired) electrons. The first kappa shape index (κ1) is 11.3. The Balaban J connectivity index is 2.54. The highest BCUT2D eigenvalue weighted by molar-refractivity contribution is 5.68. The van der Waals surface area contributed by atoms with E-state index in [1.807, 2.05) is 25.7 Å². The molecule has 0 saturated carbocycles. The molecule has 3 nitrogen and oxygen atoms in total. The molecule has 1 saturated heterocycles. The summed E-state index contributed by atoms with van der Waals surface area (Å²) in [6.07, 6.45) is 0.912. The lowest BCUT2D eigenvalue weighted by Gasteiger charge is -2.27. The van der Waals surface area contributed by atoms with E-state index in [9.17, 15) is 4.79 Å². The number of ether oxygens (including phenoxy) is 1. The Kier molecular flexibility index (Phi) is 3.07. The van der Waals surface area contributed by atoms with E-state index >= 15 is 0 Å². The third kappa shape index (κ3) is 2.63. The van der Waals surface area contributed by atoms with Crippen LogP contribution in [0.15, 0.2) is 0 Å². The Morgan fingerprint density at radius 3 is 2.29 bits per heavy atom. The first-order chi connectivity index (χ1) is 6.31. The second-order valence-corrected chi connectivity index (χ2v) is 5.18. The summed E-state index contributed by atoms with van der Waals surface area (Å²) >= 11 is 0. The third-order valence-corrected chi connectivity index (χ3v) is 2.77. The van der Waals surface area contributed by atoms with Crippen LogP contribution in [0.1, 0.15) is 41.0 Å². The van der Waals surface area contributed by atoms with Gasteiger partial charge in [0.2, 0.25) is 0 Å². The lowest BCUT2D eigenvalue weighted by Crippen LogP contribution is -2.39. The van der Waals surface area contributed by atoms with Crippen molar-refractivity contribution in [2.45, 2.75) is 52.7 Å². The summed E-state index contributed by atoms with van der Waals surface area (Å²) in [5.41, 5.74) is -0.386. The van der Waals surface area contributed by atoms with Gasteiger partial charge in [0.15, 0.2) is 0 Å². The molecule has 14 heavy (non-hydrogen) atoms. The molecule has 0 bridgehead atoms. The fourth-order valence-electron chi connectivity index (χ4n) is 1.67. The van der Waals surface area contributed by atoms with Gasteiger partial charge in [0.05, 0.1) is 0 Å². The van der Waals surface area contributed by atoms with E-state index in [2.05, 4.69) is 13.8 Å². The van der Waals surface area contributed by atoms with Crippen molar-refractivity contribution in [1.29, 1.82) is 0 Å². The molecular formula is C11H21NO2. The standard InChI is InChI=1S/C11H21NO2/c1-8-6-7-12(9(8)2)10(13)14-11(3,4)5/h8-9H,6-7H2,1-5H3. The fraction of sp³-hybridized carbons (Fsp3) is 0.909. The first-order valence-corrected chi connectivity index (χ1v) is 5.31. The largest absolute Gasteiger partial charge is 0.444 e. The summed E-state index contributed by atoms with van der Waals surface area (Å²) in [5, 5.41) is 0. The van der Waals surface area contributed by atoms with Crippen LogP contribution >= 0.6 is 0 Å². The van der Waals surface area contributed by atoms with E-state index in [0.717, 1.165) is 13.0 Å². The minimum atomic E-state index is -0.386. The van der Waals surface area contributed by atoms with E-state index in [1.165, 1.54) is 0 Å². The van der Waals surface area contributed by atoms with Crippen molar-refractivity contribution in [3.05, 3.63) is 0 Å². The van der Waals surface area contributed by atoms with Crippen LogP contribution in [0.5, 0.6) is 0 Å². The summed E-state index contributed by atoms with van der Waals surface area (Å²) in [6, 6.07) is 0.310. The number of hydrogen-bond donors (Lipinski definition) is 0. The lowest BCUT2D eigenvalue weighted by atomic mass is 10.1. The maximum absolute atomic E-state index is 11.7. The highest BCUT2D eigenvalue weighted by Crippen LogP contribution is 2.25. The Morgan fingerprint density at radius 2 is 1.93 bits per heavy atom. The van der Waals surface area contributed by atoms with Gasteiger partial charge in [-0.1, -0.05) is 6.92 Å². The number of carbonyl (C=O) groups is 1. The van der Waals surface area contributed by atoms with Gasteiger partial charge in [0.1, 0.15) is 5.60 Å². The minimum Gasteiger partial charge on any atom is -0.444 e. The SMILES string of the molecule is CC1CCN(C(=O)OC(C)(C)C)C1C. The molecule has 1 aliphatic rings. The summed E-state index contributed by atoms with van der Waals surface area (Å²) in [6.45, 7) is 10.8. The van der Waals surface area contributed by atoms with Crippen LogP contribution < -0.4 is 0 Å². The van der Waals surface area contributed by atoms with Gasteiger partial charge in [-0.3, -0.25) is 0 Å². The van der Waals surface area contributed by atoms with E-state index in [4.69, 9.17) is 4.74 Å². The maximum Gasteiger partial charge on any atom is 0.410 e. The maximum atomic E-state index is 11.7. The van der Waals surface area contributed by atoms with E-state index in [1.54, 1.807) is 0 Å². The van der Waals surface area contributed by atoms with Crippen molar-refractivity contribution >= 4 is 6.09 Å². The molecule has 1 fully saturated rings. The fourth-order valence-corrected chi connectivity index (χ4v) is 1.67. The molecule has 1 rings (SSSR count). The van der Waals surface area contributed by atoms with Crippen molar-refractivity contribution < 1.29 is 9.53 Å². The number of carbonyl (C=O) groups excluding carboxylic acids is 1. The van der Waals surface area contributed by atoms with Gasteiger partial charge in [0.25, 0.3) is 0 Å². The molecule has 2 unspecified atom stereocenters. The van der Waals surface area contributed by atoms with Crippen molar-refractivity contribution in [3.8, 4) is 0 Å². The zero-order valence-electron chi connectivity index (χ0n) is 9.83. The van der Waals surface area contributed by atoms with Crippen LogP contribution in [-0.2, 0) is 4.74 Å². The molecule has 0 spiro atoms. The number of amides is 1. The Hall–Kier alpha value is -0.730. The van der Waals surface area contributed by atoms with Gasteiger partial charge in [-0.25, -0.2) is 4.79 Å². The molecule has 1 aliphatic heterocycles. The topological polar surface area (TPSA) is 29.5 Å². The first-order valence-electron chi connectivity index (χ1n) is 5.31. The highest BCUT2D eigenvalue weighted by Gasteiger charge is 2.33. The smallest absolute Gasteiger partial charge is 0.410 e. The van der Waals surface area contributed by atoms with Gasteiger partial charge < -0.3 is 9.64 Å². The van der Waals surface area contributed by atoms with Crippen molar-refractivity contribution in [3.63, 3.8) is 0 Å². The summed E-state index contributed by atoms with van der Waals surface area (Å²) in [5.74, 6) is 0.586. The summed E-state index contributed by atoms with van der Waals surface area (Å²) < 4.78 is 5.33. The van der Waals surface area contributed by atoms with Crippen LogP contribution in [0, 0.1) is 5.92 Å². The van der Waals surface area contributed by atoms with Crippen molar-refractivity contribution in [1.82, 2.24) is 4.90 Å². The zero-order chi connectivity index (χ0) is 10.9. The van der Waals surface area contributed by atoms with Crippen molar-refractivity contribution in [2.24, 2.45) is 5.92 Å². The molecule has 0 aromatic rings. The molecule has 82 valence electrons. The average Bonchev–Trinajstić information content (AvgIpc) is 2.29. The molecule has 1 amide bonds. The average molecular weight is 199 g/mol. The third-order valence-electron chi connectivity index (χ3n) is 2.77. The lowest BCUT2D eigenvalue weighted by molar-refractivity contribution is 0.0225. The van der Waals surface area contributed by atoms with Gasteiger partial charge in [-0.05, 0) is 40.0 Å². The van der Waals surface area contributed by atoms with Crippen LogP contribution in [-0.4, -0.2) is 29.2 Å². The van der Waals surface area contributed by atoms with Crippen molar-refractivity contribution in [2.75, 3.05) is 6.54 Å². The highest BCUT2D eigenvalue weighted by atomic mass is 16.6. The molecule has 0 N–H and O–H groups in total. The second-order valence-electron chi connectivity index (χ2n) is 5.18. The van der Waals surface area contributed by atoms with Gasteiger partial charge >= 0.3 is 6.09 Å². The molecular weight excluding hydrogens is 178 g/mol. The van der Waals surface area contributed by atoms with Crippen LogP contribution in [0.25, 0.3) is 0 Å². The monoisotopic (exact) mass is 199 g/mol. The molecule has 0 aliphatic carbocycles. The number of likely N-dealkylation sites (tertiary alicyclic amines) is 1. The molecule has 2 atom stereocenters. The van der Waals surface area contributed by atoms with Gasteiger partial charge in [-0.2, -0.15) is 0 Å². The normalized spacial score (nSPS) is 27.9. The molecule has 1 heterocycles. The molecule has 0 aromatic heterocycles. The summed E-state index contributed by atoms with van der Waals surface area (Å²) in [7, 11) is 0. The minimum absolute atomic E-state index is 0.172. The van der Waals surface area contributed by atoms with Gasteiger partial charge in [0, 0.05) is 12.6 Å². The zero-order valence-corrected chi connectivity index (χ0v) is 9.83. The Morgan fingerprint density at radius 1 is 1.36 bits per heavy atom. The number of hydrogen-bond acceptors (Lipinski definition) is 2. The van der Waals surface area contributed by atoms with E-state index in [-0.39, 0.29) is 11.7 Å². The predicted octanol–water partition coefficient (Wildman–Crippen LogP) is 2.65.